The molecule has 2 heterocycles. The standard InChI is InChI=1S/C57H42N4/c1-5-15-38(16-6-1)39-27-30-45(31-28-39)61-52-35-44(29-32-47(52)49-36-51-48(37-53(49)61)46-21-11-12-22-50(46)57(51)33-13-4-14-34-57)40-23-25-43(26-24-40)56-59-54(41-17-7-2-8-18-41)58-55(60-56)42-19-9-3-10-20-42/h1-3,5-12,15-32,35-37H,4,13-14,33-34H2. The number of aromatic nitrogens is 4. The molecule has 1 fully saturated rings. The molecule has 1 saturated carbocycles. The van der Waals surface area contributed by atoms with E-state index in [9.17, 15) is 0 Å². The van der Waals surface area contributed by atoms with Gasteiger partial charge in [0.15, 0.2) is 17.5 Å². The first kappa shape index (κ1) is 35.5. The topological polar surface area (TPSA) is 43.6 Å². The molecule has 0 unspecified atom stereocenters. The molecule has 1 spiro atoms. The second kappa shape index (κ2) is 14.4. The van der Waals surface area contributed by atoms with Gasteiger partial charge in [0.25, 0.3) is 0 Å². The van der Waals surface area contributed by atoms with E-state index in [0.29, 0.717) is 17.5 Å². The molecule has 0 N–H and O–H groups in total. The Kier molecular flexibility index (Phi) is 8.38. The van der Waals surface area contributed by atoms with Crippen molar-refractivity contribution >= 4 is 21.8 Å². The molecule has 0 amide bonds. The predicted octanol–water partition coefficient (Wildman–Crippen LogP) is 14.5. The van der Waals surface area contributed by atoms with Crippen molar-refractivity contribution in [2.75, 3.05) is 0 Å². The highest BCUT2D eigenvalue weighted by Crippen LogP contribution is 2.57. The van der Waals surface area contributed by atoms with Crippen LogP contribution in [-0.4, -0.2) is 19.5 Å². The number of fused-ring (bicyclic) bond motifs is 8. The summed E-state index contributed by atoms with van der Waals surface area (Å²) in [5.41, 5.74) is 17.1. The Bertz CT molecular complexity index is 3180. The van der Waals surface area contributed by atoms with Crippen molar-refractivity contribution < 1.29 is 0 Å². The number of hydrogen-bond donors (Lipinski definition) is 0. The minimum atomic E-state index is 0.0913. The molecule has 290 valence electrons. The molecule has 0 radical (unpaired) electrons. The summed E-state index contributed by atoms with van der Waals surface area (Å²) in [6.07, 6.45) is 6.31. The second-order valence-electron chi connectivity index (χ2n) is 16.7. The van der Waals surface area contributed by atoms with E-state index in [1.165, 1.54) is 87.3 Å². The minimum absolute atomic E-state index is 0.0913. The van der Waals surface area contributed by atoms with Crippen molar-refractivity contribution in [3.63, 3.8) is 0 Å². The fraction of sp³-hybridized carbons (Fsp3) is 0.105. The van der Waals surface area contributed by atoms with E-state index in [1.807, 2.05) is 60.7 Å². The molecule has 2 aliphatic carbocycles. The molecular formula is C57H42N4. The maximum absolute atomic E-state index is 4.98. The van der Waals surface area contributed by atoms with Gasteiger partial charge in [-0.15, -0.1) is 0 Å². The van der Waals surface area contributed by atoms with Gasteiger partial charge in [-0.2, -0.15) is 0 Å². The SMILES string of the molecule is c1ccc(-c2ccc(-n3c4cc(-c5ccc(-c6nc(-c7ccccc7)nc(-c7ccccc7)n6)cc5)ccc4c4cc5c(cc43)-c3ccccc3C53CCCCC3)cc2)cc1. The van der Waals surface area contributed by atoms with E-state index in [2.05, 4.69) is 138 Å². The van der Waals surface area contributed by atoms with Gasteiger partial charge in [-0.25, -0.2) is 15.0 Å². The van der Waals surface area contributed by atoms with Crippen LogP contribution >= 0.6 is 0 Å². The third-order valence-corrected chi connectivity index (χ3v) is 13.3. The largest absolute Gasteiger partial charge is 0.309 e. The van der Waals surface area contributed by atoms with Crippen LogP contribution in [-0.2, 0) is 5.41 Å². The quantitative estimate of drug-likeness (QED) is 0.169. The van der Waals surface area contributed by atoms with Crippen LogP contribution in [0.4, 0.5) is 0 Å². The smallest absolute Gasteiger partial charge is 0.164 e. The zero-order valence-corrected chi connectivity index (χ0v) is 33.8. The van der Waals surface area contributed by atoms with Gasteiger partial charge < -0.3 is 4.57 Å². The lowest BCUT2D eigenvalue weighted by Crippen LogP contribution is -2.27. The first-order chi connectivity index (χ1) is 30.2. The van der Waals surface area contributed by atoms with Crippen LogP contribution in [0.2, 0.25) is 0 Å². The molecule has 10 aromatic rings. The van der Waals surface area contributed by atoms with Gasteiger partial charge in [0.05, 0.1) is 11.0 Å². The van der Waals surface area contributed by atoms with Crippen LogP contribution in [0.5, 0.6) is 0 Å². The molecule has 2 aliphatic rings. The molecule has 2 aromatic heterocycles. The summed E-state index contributed by atoms with van der Waals surface area (Å²) in [4.78, 5) is 14.9. The van der Waals surface area contributed by atoms with E-state index < -0.39 is 0 Å². The fourth-order valence-electron chi connectivity index (χ4n) is 10.3. The number of rotatable bonds is 6. The van der Waals surface area contributed by atoms with Crippen molar-refractivity contribution in [2.45, 2.75) is 37.5 Å². The second-order valence-corrected chi connectivity index (χ2v) is 16.7. The number of nitrogens with zero attached hydrogens (tertiary/aromatic N) is 4. The molecule has 8 aromatic carbocycles. The Morgan fingerprint density at radius 2 is 0.820 bits per heavy atom. The first-order valence-corrected chi connectivity index (χ1v) is 21.6. The van der Waals surface area contributed by atoms with Gasteiger partial charge in [-0.1, -0.05) is 183 Å². The molecule has 0 bridgehead atoms. The average molecular weight is 783 g/mol. The third kappa shape index (κ3) is 5.93. The highest BCUT2D eigenvalue weighted by Gasteiger charge is 2.44. The van der Waals surface area contributed by atoms with E-state index in [-0.39, 0.29) is 5.41 Å². The fourth-order valence-corrected chi connectivity index (χ4v) is 10.3. The van der Waals surface area contributed by atoms with Gasteiger partial charge in [0.2, 0.25) is 0 Å². The highest BCUT2D eigenvalue weighted by molar-refractivity contribution is 6.12. The number of benzene rings is 8. The Balaban J connectivity index is 1.00. The van der Waals surface area contributed by atoms with Crippen molar-refractivity contribution in [3.8, 4) is 73.2 Å². The summed E-state index contributed by atoms with van der Waals surface area (Å²) in [7, 11) is 0. The lowest BCUT2D eigenvalue weighted by molar-refractivity contribution is 0.353. The van der Waals surface area contributed by atoms with Crippen LogP contribution in [0.1, 0.15) is 43.2 Å². The maximum Gasteiger partial charge on any atom is 0.164 e. The monoisotopic (exact) mass is 782 g/mol. The van der Waals surface area contributed by atoms with E-state index >= 15 is 0 Å². The molecule has 61 heavy (non-hydrogen) atoms. The zero-order chi connectivity index (χ0) is 40.3. The Hall–Kier alpha value is -7.43. The number of hydrogen-bond acceptors (Lipinski definition) is 3. The molecule has 4 heteroatoms. The van der Waals surface area contributed by atoms with Crippen LogP contribution in [0, 0.1) is 0 Å². The van der Waals surface area contributed by atoms with Gasteiger partial charge in [0.1, 0.15) is 0 Å². The van der Waals surface area contributed by atoms with Gasteiger partial charge in [0, 0.05) is 38.6 Å². The minimum Gasteiger partial charge on any atom is -0.309 e. The van der Waals surface area contributed by atoms with E-state index in [0.717, 1.165) is 33.5 Å². The van der Waals surface area contributed by atoms with Gasteiger partial charge in [-0.05, 0) is 87.7 Å². The van der Waals surface area contributed by atoms with Crippen LogP contribution in [0.25, 0.3) is 95.0 Å². The molecular weight excluding hydrogens is 741 g/mol. The van der Waals surface area contributed by atoms with Crippen molar-refractivity contribution in [3.05, 3.63) is 205 Å². The average Bonchev–Trinajstić information content (AvgIpc) is 3.80. The Labute approximate surface area is 355 Å². The van der Waals surface area contributed by atoms with E-state index in [1.54, 1.807) is 0 Å². The summed E-state index contributed by atoms with van der Waals surface area (Å²) in [6, 6.07) is 70.0. The molecule has 4 nitrogen and oxygen atoms in total. The zero-order valence-electron chi connectivity index (χ0n) is 33.8. The summed E-state index contributed by atoms with van der Waals surface area (Å²) < 4.78 is 2.49. The summed E-state index contributed by atoms with van der Waals surface area (Å²) in [5.74, 6) is 1.97. The molecule has 0 aliphatic heterocycles. The molecule has 0 saturated heterocycles. The van der Waals surface area contributed by atoms with Gasteiger partial charge >= 0.3 is 0 Å². The van der Waals surface area contributed by atoms with E-state index in [4.69, 9.17) is 15.0 Å². The van der Waals surface area contributed by atoms with Crippen LogP contribution < -0.4 is 0 Å². The molecule has 0 atom stereocenters. The van der Waals surface area contributed by atoms with Crippen LogP contribution in [0.3, 0.4) is 0 Å². The molecule has 12 rings (SSSR count). The van der Waals surface area contributed by atoms with Crippen LogP contribution in [0.15, 0.2) is 194 Å². The summed E-state index contributed by atoms with van der Waals surface area (Å²) in [5, 5.41) is 2.60. The lowest BCUT2D eigenvalue weighted by Gasteiger charge is -2.36. The van der Waals surface area contributed by atoms with Crippen molar-refractivity contribution in [1.82, 2.24) is 19.5 Å². The third-order valence-electron chi connectivity index (χ3n) is 13.3. The Morgan fingerprint density at radius 1 is 0.344 bits per heavy atom. The first-order valence-electron chi connectivity index (χ1n) is 21.6. The van der Waals surface area contributed by atoms with Crippen molar-refractivity contribution in [2.24, 2.45) is 0 Å². The van der Waals surface area contributed by atoms with Crippen molar-refractivity contribution in [1.29, 1.82) is 0 Å². The normalized spacial score (nSPS) is 14.0. The Morgan fingerprint density at radius 3 is 1.46 bits per heavy atom. The lowest BCUT2D eigenvalue weighted by atomic mass is 9.68. The summed E-state index contributed by atoms with van der Waals surface area (Å²) in [6.45, 7) is 0. The highest BCUT2D eigenvalue weighted by atomic mass is 15.0. The predicted molar refractivity (Wildman–Crippen MR) is 251 cm³/mol. The maximum atomic E-state index is 4.98. The summed E-state index contributed by atoms with van der Waals surface area (Å²) >= 11 is 0. The van der Waals surface area contributed by atoms with Gasteiger partial charge in [-0.3, -0.25) is 0 Å².